The minimum absolute atomic E-state index is 0.189. The van der Waals surface area contributed by atoms with Crippen molar-refractivity contribution in [2.45, 2.75) is 54.2 Å². The first-order valence-electron chi connectivity index (χ1n) is 9.42. The van der Waals surface area contributed by atoms with Crippen LogP contribution < -0.4 is 0 Å². The maximum Gasteiger partial charge on any atom is 0.332 e. The van der Waals surface area contributed by atoms with E-state index >= 15 is 0 Å². The number of aliphatic hydroxyl groups excluding tert-OH is 2. The number of ether oxygens (including phenoxy) is 2. The van der Waals surface area contributed by atoms with E-state index in [2.05, 4.69) is 6.07 Å². The number of halogens is 1. The predicted octanol–water partition coefficient (Wildman–Crippen LogP) is 2.70. The minimum atomic E-state index is -1.19. The summed E-state index contributed by atoms with van der Waals surface area (Å²) in [5.41, 5.74) is 2.60. The normalized spacial score (nSPS) is 31.0. The fourth-order valence-electron chi connectivity index (χ4n) is 4.33. The minimum Gasteiger partial charge on any atom is -0.478 e. The topological polar surface area (TPSA) is 96.2 Å². The molecule has 1 aromatic rings. The molecule has 8 heteroatoms. The first-order valence-corrected chi connectivity index (χ1v) is 10.7. The molecule has 1 fully saturated rings. The summed E-state index contributed by atoms with van der Waals surface area (Å²) in [6.07, 6.45) is 3.09. The lowest BCUT2D eigenvalue weighted by Crippen LogP contribution is -2.37. The van der Waals surface area contributed by atoms with Gasteiger partial charge in [-0.25, -0.2) is 4.79 Å². The molecule has 1 saturated heterocycles. The lowest BCUT2D eigenvalue weighted by atomic mass is 9.94. The van der Waals surface area contributed by atoms with Crippen LogP contribution >= 0.6 is 23.4 Å². The Morgan fingerprint density at radius 3 is 2.54 bits per heavy atom. The fraction of sp³-hybridized carbons (Fsp3) is 0.550. The molecule has 0 bridgehead atoms. The van der Waals surface area contributed by atoms with Gasteiger partial charge in [-0.3, -0.25) is 0 Å². The Balaban J connectivity index is 1.56. The van der Waals surface area contributed by atoms with Crippen molar-refractivity contribution in [3.63, 3.8) is 0 Å². The fourth-order valence-corrected chi connectivity index (χ4v) is 6.19. The van der Waals surface area contributed by atoms with Crippen LogP contribution in [-0.4, -0.2) is 57.7 Å². The molecule has 2 unspecified atom stereocenters. The molecule has 4 rings (SSSR count). The van der Waals surface area contributed by atoms with Gasteiger partial charge in [0.2, 0.25) is 0 Å². The van der Waals surface area contributed by atoms with E-state index in [4.69, 9.17) is 21.1 Å². The average molecular weight is 427 g/mol. The zero-order valence-corrected chi connectivity index (χ0v) is 16.8. The standard InChI is InChI=1S/C20H23ClO6S/c21-14-3-1-2-12-11(14)4-5-17(12)28-18-6-7-20(8-13(18)19(24)25)26-15(9-22)16(10-23)27-20/h1-3,8,15-18,22-23H,4-7,9-10H2,(H,24,25)/t15-,16-,17?,18?/m1/s1. The molecule has 0 saturated carbocycles. The number of aliphatic carboxylic acids is 1. The molecule has 0 amide bonds. The average Bonchev–Trinajstić information content (AvgIpc) is 3.25. The molecule has 1 spiro atoms. The van der Waals surface area contributed by atoms with Crippen molar-refractivity contribution >= 4 is 29.3 Å². The third-order valence-electron chi connectivity index (χ3n) is 5.69. The first kappa shape index (κ1) is 20.2. The van der Waals surface area contributed by atoms with Crippen molar-refractivity contribution in [3.8, 4) is 0 Å². The summed E-state index contributed by atoms with van der Waals surface area (Å²) in [4.78, 5) is 12.0. The highest BCUT2D eigenvalue weighted by atomic mass is 35.5. The number of carboxylic acid groups (broad SMARTS) is 1. The highest BCUT2D eigenvalue weighted by Gasteiger charge is 2.49. The van der Waals surface area contributed by atoms with E-state index < -0.39 is 24.0 Å². The van der Waals surface area contributed by atoms with Crippen molar-refractivity contribution in [2.75, 3.05) is 13.2 Å². The van der Waals surface area contributed by atoms with Crippen LogP contribution in [0.2, 0.25) is 5.02 Å². The van der Waals surface area contributed by atoms with Crippen LogP contribution in [0, 0.1) is 0 Å². The summed E-state index contributed by atoms with van der Waals surface area (Å²) in [6.45, 7) is -0.581. The SMILES string of the molecule is O=C(O)C1=CC2(CCC1SC1CCc3c(Cl)cccc31)O[C@H](CO)[C@@H](CO)O2. The highest BCUT2D eigenvalue weighted by Crippen LogP contribution is 2.50. The maximum absolute atomic E-state index is 12.0. The number of thioether (sulfide) groups is 1. The Hall–Kier alpha value is -1.09. The zero-order valence-electron chi connectivity index (χ0n) is 15.2. The number of benzene rings is 1. The second kappa shape index (κ2) is 7.97. The van der Waals surface area contributed by atoms with Gasteiger partial charge in [0.15, 0.2) is 5.79 Å². The van der Waals surface area contributed by atoms with Crippen molar-refractivity contribution in [2.24, 2.45) is 0 Å². The van der Waals surface area contributed by atoms with Crippen LogP contribution in [0.15, 0.2) is 29.8 Å². The summed E-state index contributed by atoms with van der Waals surface area (Å²) >= 11 is 7.96. The molecule has 3 aliphatic rings. The van der Waals surface area contributed by atoms with Gasteiger partial charge in [0.1, 0.15) is 12.2 Å². The molecular weight excluding hydrogens is 404 g/mol. The van der Waals surface area contributed by atoms with Crippen molar-refractivity contribution in [1.82, 2.24) is 0 Å². The molecule has 6 nitrogen and oxygen atoms in total. The van der Waals surface area contributed by atoms with Gasteiger partial charge >= 0.3 is 5.97 Å². The molecule has 1 heterocycles. The largest absolute Gasteiger partial charge is 0.478 e. The molecule has 3 N–H and O–H groups in total. The van der Waals surface area contributed by atoms with Crippen LogP contribution in [0.4, 0.5) is 0 Å². The Morgan fingerprint density at radius 2 is 1.89 bits per heavy atom. The number of aliphatic hydroxyl groups is 2. The molecule has 4 atom stereocenters. The van der Waals surface area contributed by atoms with Crippen molar-refractivity contribution in [1.29, 1.82) is 0 Å². The molecule has 1 aliphatic heterocycles. The molecule has 28 heavy (non-hydrogen) atoms. The maximum atomic E-state index is 12.0. The van der Waals surface area contributed by atoms with Crippen LogP contribution in [0.5, 0.6) is 0 Å². The lowest BCUT2D eigenvalue weighted by molar-refractivity contribution is -0.153. The Bertz CT molecular complexity index is 785. The second-order valence-corrected chi connectivity index (χ2v) is 9.21. The first-order chi connectivity index (χ1) is 13.5. The van der Waals surface area contributed by atoms with Crippen LogP contribution in [0.3, 0.4) is 0 Å². The molecule has 0 aromatic heterocycles. The van der Waals surface area contributed by atoms with Gasteiger partial charge in [-0.15, -0.1) is 11.8 Å². The van der Waals surface area contributed by atoms with Gasteiger partial charge in [-0.1, -0.05) is 23.7 Å². The number of rotatable bonds is 5. The summed E-state index contributed by atoms with van der Waals surface area (Å²) in [6, 6.07) is 5.90. The monoisotopic (exact) mass is 426 g/mol. The number of hydrogen-bond donors (Lipinski definition) is 3. The molecule has 152 valence electrons. The van der Waals surface area contributed by atoms with Gasteiger partial charge < -0.3 is 24.8 Å². The summed E-state index contributed by atoms with van der Waals surface area (Å²) < 4.78 is 11.6. The Labute approximate surface area is 172 Å². The van der Waals surface area contributed by atoms with Crippen molar-refractivity contribution in [3.05, 3.63) is 46.0 Å². The summed E-state index contributed by atoms with van der Waals surface area (Å²) in [5.74, 6) is -2.19. The third-order valence-corrected chi connectivity index (χ3v) is 7.68. The van der Waals surface area contributed by atoms with E-state index in [9.17, 15) is 20.1 Å². The number of carboxylic acids is 1. The summed E-state index contributed by atoms with van der Waals surface area (Å²) in [5, 5.41) is 29.5. The zero-order chi connectivity index (χ0) is 19.9. The van der Waals surface area contributed by atoms with Crippen LogP contribution in [0.25, 0.3) is 0 Å². The van der Waals surface area contributed by atoms with Crippen LogP contribution in [0.1, 0.15) is 35.6 Å². The quantitative estimate of drug-likeness (QED) is 0.666. The number of carbonyl (C=O) groups is 1. The lowest BCUT2D eigenvalue weighted by Gasteiger charge is -2.34. The van der Waals surface area contributed by atoms with E-state index in [0.717, 1.165) is 23.4 Å². The Morgan fingerprint density at radius 1 is 1.18 bits per heavy atom. The second-order valence-electron chi connectivity index (χ2n) is 7.39. The van der Waals surface area contributed by atoms with E-state index in [0.29, 0.717) is 12.8 Å². The van der Waals surface area contributed by atoms with Gasteiger partial charge in [-0.05, 0) is 42.5 Å². The smallest absolute Gasteiger partial charge is 0.332 e. The number of fused-ring (bicyclic) bond motifs is 1. The van der Waals surface area contributed by atoms with Gasteiger partial charge in [-0.2, -0.15) is 0 Å². The molecule has 2 aliphatic carbocycles. The van der Waals surface area contributed by atoms with Crippen molar-refractivity contribution < 1.29 is 29.6 Å². The van der Waals surface area contributed by atoms with E-state index in [-0.39, 0.29) is 29.3 Å². The third kappa shape index (κ3) is 3.60. The van der Waals surface area contributed by atoms with Crippen LogP contribution in [-0.2, 0) is 20.7 Å². The van der Waals surface area contributed by atoms with Gasteiger partial charge in [0.25, 0.3) is 0 Å². The molecule has 0 radical (unpaired) electrons. The molecule has 1 aromatic carbocycles. The Kier molecular flexibility index (Phi) is 5.75. The van der Waals surface area contributed by atoms with Gasteiger partial charge in [0, 0.05) is 21.9 Å². The van der Waals surface area contributed by atoms with Gasteiger partial charge in [0.05, 0.1) is 18.8 Å². The number of hydrogen-bond acceptors (Lipinski definition) is 6. The molecular formula is C20H23ClO6S. The van der Waals surface area contributed by atoms with E-state index in [1.807, 2.05) is 12.1 Å². The summed E-state index contributed by atoms with van der Waals surface area (Å²) in [7, 11) is 0. The highest BCUT2D eigenvalue weighted by molar-refractivity contribution is 8.00. The van der Waals surface area contributed by atoms with E-state index in [1.165, 1.54) is 11.6 Å². The predicted molar refractivity (Wildman–Crippen MR) is 105 cm³/mol. The van der Waals surface area contributed by atoms with E-state index in [1.54, 1.807) is 11.8 Å².